The molecule has 1 aliphatic heterocycles. The molecule has 1 rings (SSSR count). The first kappa shape index (κ1) is 10.5. The SMILES string of the molecule is CC(C)(C)C(=O)N1CCCC(N)C1. The molecule has 0 saturated carbocycles. The Morgan fingerprint density at radius 2 is 2.08 bits per heavy atom. The van der Waals surface area contributed by atoms with Gasteiger partial charge in [-0.25, -0.2) is 0 Å². The number of rotatable bonds is 0. The Balaban J connectivity index is 2.56. The molecule has 0 bridgehead atoms. The Kier molecular flexibility index (Phi) is 2.96. The zero-order valence-corrected chi connectivity index (χ0v) is 8.84. The van der Waals surface area contributed by atoms with Crippen LogP contribution in [0.2, 0.25) is 0 Å². The molecular formula is C10H20N2O. The molecule has 0 radical (unpaired) electrons. The maximum Gasteiger partial charge on any atom is 0.227 e. The summed E-state index contributed by atoms with van der Waals surface area (Å²) in [5.74, 6) is 0.225. The molecule has 1 heterocycles. The first-order valence-corrected chi connectivity index (χ1v) is 4.96. The van der Waals surface area contributed by atoms with E-state index in [1.807, 2.05) is 25.7 Å². The van der Waals surface area contributed by atoms with Crippen molar-refractivity contribution in [2.24, 2.45) is 11.1 Å². The van der Waals surface area contributed by atoms with Crippen molar-refractivity contribution < 1.29 is 4.79 Å². The van der Waals surface area contributed by atoms with Crippen molar-refractivity contribution >= 4 is 5.91 Å². The molecule has 0 aromatic carbocycles. The fourth-order valence-electron chi connectivity index (χ4n) is 1.67. The van der Waals surface area contributed by atoms with Crippen LogP contribution in [0.25, 0.3) is 0 Å². The third-order valence-corrected chi connectivity index (χ3v) is 2.39. The summed E-state index contributed by atoms with van der Waals surface area (Å²) in [6.07, 6.45) is 2.09. The highest BCUT2D eigenvalue weighted by atomic mass is 16.2. The van der Waals surface area contributed by atoms with Gasteiger partial charge in [-0.15, -0.1) is 0 Å². The van der Waals surface area contributed by atoms with E-state index in [-0.39, 0.29) is 17.4 Å². The second-order valence-corrected chi connectivity index (χ2v) is 4.90. The second kappa shape index (κ2) is 3.66. The number of likely N-dealkylation sites (tertiary alicyclic amines) is 1. The van der Waals surface area contributed by atoms with Gasteiger partial charge >= 0.3 is 0 Å². The summed E-state index contributed by atoms with van der Waals surface area (Å²) in [6.45, 7) is 7.47. The number of piperidine rings is 1. The molecule has 1 fully saturated rings. The van der Waals surface area contributed by atoms with E-state index in [4.69, 9.17) is 5.73 Å². The van der Waals surface area contributed by atoms with Crippen molar-refractivity contribution in [2.75, 3.05) is 13.1 Å². The number of carbonyl (C=O) groups excluding carboxylic acids is 1. The molecule has 13 heavy (non-hydrogen) atoms. The molecule has 0 aromatic heterocycles. The lowest BCUT2D eigenvalue weighted by Crippen LogP contribution is -2.49. The molecule has 76 valence electrons. The summed E-state index contributed by atoms with van der Waals surface area (Å²) < 4.78 is 0. The molecule has 0 spiro atoms. The summed E-state index contributed by atoms with van der Waals surface area (Å²) in [7, 11) is 0. The molecule has 1 atom stereocenters. The minimum atomic E-state index is -0.267. The predicted octanol–water partition coefficient (Wildman–Crippen LogP) is 0.982. The second-order valence-electron chi connectivity index (χ2n) is 4.90. The van der Waals surface area contributed by atoms with Crippen LogP contribution in [0.5, 0.6) is 0 Å². The van der Waals surface area contributed by atoms with Gasteiger partial charge in [-0.3, -0.25) is 4.79 Å². The molecule has 2 N–H and O–H groups in total. The highest BCUT2D eigenvalue weighted by molar-refractivity contribution is 5.81. The van der Waals surface area contributed by atoms with Crippen molar-refractivity contribution in [3.05, 3.63) is 0 Å². The van der Waals surface area contributed by atoms with Crippen LogP contribution >= 0.6 is 0 Å². The van der Waals surface area contributed by atoms with Gasteiger partial charge in [-0.05, 0) is 12.8 Å². The van der Waals surface area contributed by atoms with Crippen molar-refractivity contribution in [3.8, 4) is 0 Å². The smallest absolute Gasteiger partial charge is 0.227 e. The highest BCUT2D eigenvalue weighted by Gasteiger charge is 2.29. The predicted molar refractivity (Wildman–Crippen MR) is 53.2 cm³/mol. The average Bonchev–Trinajstić information content (AvgIpc) is 2.01. The van der Waals surface area contributed by atoms with E-state index in [0.29, 0.717) is 0 Å². The number of amides is 1. The van der Waals surface area contributed by atoms with Crippen LogP contribution in [0.3, 0.4) is 0 Å². The van der Waals surface area contributed by atoms with E-state index in [0.717, 1.165) is 25.9 Å². The Bertz CT molecular complexity index is 196. The minimum Gasteiger partial charge on any atom is -0.341 e. The van der Waals surface area contributed by atoms with Crippen molar-refractivity contribution in [3.63, 3.8) is 0 Å². The number of nitrogens with zero attached hydrogens (tertiary/aromatic N) is 1. The van der Waals surface area contributed by atoms with E-state index in [2.05, 4.69) is 0 Å². The largest absolute Gasteiger partial charge is 0.341 e. The first-order valence-electron chi connectivity index (χ1n) is 4.96. The number of hydrogen-bond donors (Lipinski definition) is 1. The maximum absolute atomic E-state index is 11.8. The summed E-state index contributed by atoms with van der Waals surface area (Å²) in [4.78, 5) is 13.7. The van der Waals surface area contributed by atoms with Gasteiger partial charge in [0.2, 0.25) is 5.91 Å². The van der Waals surface area contributed by atoms with Crippen LogP contribution in [-0.4, -0.2) is 29.9 Å². The van der Waals surface area contributed by atoms with Crippen molar-refractivity contribution in [1.82, 2.24) is 4.90 Å². The van der Waals surface area contributed by atoms with Crippen molar-refractivity contribution in [2.45, 2.75) is 39.7 Å². The van der Waals surface area contributed by atoms with Crippen molar-refractivity contribution in [1.29, 1.82) is 0 Å². The molecule has 0 aliphatic carbocycles. The van der Waals surface area contributed by atoms with Gasteiger partial charge in [0.1, 0.15) is 0 Å². The van der Waals surface area contributed by atoms with Gasteiger partial charge in [-0.1, -0.05) is 20.8 Å². The molecule has 1 amide bonds. The van der Waals surface area contributed by atoms with E-state index < -0.39 is 0 Å². The maximum atomic E-state index is 11.8. The third kappa shape index (κ3) is 2.69. The monoisotopic (exact) mass is 184 g/mol. The molecule has 3 nitrogen and oxygen atoms in total. The first-order chi connectivity index (χ1) is 5.91. The van der Waals surface area contributed by atoms with Gasteiger partial charge in [0.15, 0.2) is 0 Å². The molecule has 1 saturated heterocycles. The van der Waals surface area contributed by atoms with Crippen LogP contribution in [0, 0.1) is 5.41 Å². The summed E-state index contributed by atoms with van der Waals surface area (Å²) >= 11 is 0. The zero-order chi connectivity index (χ0) is 10.1. The fraction of sp³-hybridized carbons (Fsp3) is 0.900. The normalized spacial score (nSPS) is 24.6. The average molecular weight is 184 g/mol. The summed E-state index contributed by atoms with van der Waals surface area (Å²) in [5, 5.41) is 0. The zero-order valence-electron chi connectivity index (χ0n) is 8.84. The Labute approximate surface area is 80.3 Å². The highest BCUT2D eigenvalue weighted by Crippen LogP contribution is 2.20. The van der Waals surface area contributed by atoms with Gasteiger partial charge in [0.25, 0.3) is 0 Å². The van der Waals surface area contributed by atoms with Crippen LogP contribution in [0.15, 0.2) is 0 Å². The summed E-state index contributed by atoms with van der Waals surface area (Å²) in [6, 6.07) is 0.181. The lowest BCUT2D eigenvalue weighted by molar-refractivity contribution is -0.140. The number of nitrogens with two attached hydrogens (primary N) is 1. The molecule has 1 aliphatic rings. The summed E-state index contributed by atoms with van der Waals surface area (Å²) in [5.41, 5.74) is 5.55. The topological polar surface area (TPSA) is 46.3 Å². The number of carbonyl (C=O) groups is 1. The van der Waals surface area contributed by atoms with E-state index in [1.54, 1.807) is 0 Å². The Hall–Kier alpha value is -0.570. The van der Waals surface area contributed by atoms with Gasteiger partial charge in [0.05, 0.1) is 0 Å². The Morgan fingerprint density at radius 1 is 1.46 bits per heavy atom. The standard InChI is InChI=1S/C10H20N2O/c1-10(2,3)9(13)12-6-4-5-8(11)7-12/h8H,4-7,11H2,1-3H3. The molecule has 1 unspecified atom stereocenters. The lowest BCUT2D eigenvalue weighted by atomic mass is 9.93. The van der Waals surface area contributed by atoms with E-state index >= 15 is 0 Å². The Morgan fingerprint density at radius 3 is 2.54 bits per heavy atom. The van der Waals surface area contributed by atoms with Gasteiger partial charge < -0.3 is 10.6 Å². The van der Waals surface area contributed by atoms with Gasteiger partial charge in [-0.2, -0.15) is 0 Å². The van der Waals surface area contributed by atoms with E-state index in [9.17, 15) is 4.79 Å². The minimum absolute atomic E-state index is 0.181. The lowest BCUT2D eigenvalue weighted by Gasteiger charge is -2.35. The van der Waals surface area contributed by atoms with Crippen LogP contribution in [0.1, 0.15) is 33.6 Å². The third-order valence-electron chi connectivity index (χ3n) is 2.39. The van der Waals surface area contributed by atoms with Gasteiger partial charge in [0, 0.05) is 24.5 Å². The molecule has 3 heteroatoms. The molecular weight excluding hydrogens is 164 g/mol. The van der Waals surface area contributed by atoms with Crippen LogP contribution in [0.4, 0.5) is 0 Å². The van der Waals surface area contributed by atoms with Crippen LogP contribution in [-0.2, 0) is 4.79 Å². The van der Waals surface area contributed by atoms with Crippen LogP contribution < -0.4 is 5.73 Å². The van der Waals surface area contributed by atoms with E-state index in [1.165, 1.54) is 0 Å². The molecule has 0 aromatic rings. The number of hydrogen-bond acceptors (Lipinski definition) is 2. The fourth-order valence-corrected chi connectivity index (χ4v) is 1.67. The quantitative estimate of drug-likeness (QED) is 0.610.